The lowest BCUT2D eigenvalue weighted by molar-refractivity contribution is -0.140. The van der Waals surface area contributed by atoms with Crippen molar-refractivity contribution < 1.29 is 14.4 Å². The summed E-state index contributed by atoms with van der Waals surface area (Å²) in [6, 6.07) is 9.07. The number of unbranched alkanes of at least 4 members (excludes halogenated alkanes) is 1. The topological polar surface area (TPSA) is 78.5 Å². The van der Waals surface area contributed by atoms with E-state index < -0.39 is 0 Å². The van der Waals surface area contributed by atoms with Gasteiger partial charge in [0, 0.05) is 18.2 Å². The van der Waals surface area contributed by atoms with Crippen LogP contribution in [0.5, 0.6) is 0 Å². The SMILES string of the molecule is CCCCC(CC)C(=O)N(CCC)CC(=O)NCC(=O)Nc1ccccc1. The Morgan fingerprint density at radius 3 is 2.30 bits per heavy atom. The van der Waals surface area contributed by atoms with Crippen molar-refractivity contribution in [1.82, 2.24) is 10.2 Å². The second-order valence-corrected chi connectivity index (χ2v) is 6.70. The van der Waals surface area contributed by atoms with Gasteiger partial charge in [0.15, 0.2) is 0 Å². The van der Waals surface area contributed by atoms with Gasteiger partial charge in [0.05, 0.1) is 13.1 Å². The maximum absolute atomic E-state index is 12.8. The van der Waals surface area contributed by atoms with Crippen LogP contribution in [-0.4, -0.2) is 42.3 Å². The summed E-state index contributed by atoms with van der Waals surface area (Å²) in [6.07, 6.45) is 4.48. The highest BCUT2D eigenvalue weighted by Crippen LogP contribution is 2.16. The first kappa shape index (κ1) is 22.7. The maximum atomic E-state index is 12.8. The van der Waals surface area contributed by atoms with E-state index in [1.807, 2.05) is 32.0 Å². The van der Waals surface area contributed by atoms with E-state index in [0.29, 0.717) is 12.2 Å². The molecule has 0 spiro atoms. The Morgan fingerprint density at radius 2 is 1.70 bits per heavy atom. The molecule has 150 valence electrons. The summed E-state index contributed by atoms with van der Waals surface area (Å²) in [5.41, 5.74) is 0.682. The summed E-state index contributed by atoms with van der Waals surface area (Å²) >= 11 is 0. The average Bonchev–Trinajstić information content (AvgIpc) is 2.67. The third-order valence-electron chi connectivity index (χ3n) is 4.39. The lowest BCUT2D eigenvalue weighted by atomic mass is 9.97. The van der Waals surface area contributed by atoms with Crippen LogP contribution in [0.4, 0.5) is 5.69 Å². The summed E-state index contributed by atoms with van der Waals surface area (Å²) < 4.78 is 0. The normalized spacial score (nSPS) is 11.5. The molecule has 0 aliphatic rings. The highest BCUT2D eigenvalue weighted by Gasteiger charge is 2.23. The lowest BCUT2D eigenvalue weighted by Crippen LogP contribution is -2.45. The Morgan fingerprint density at radius 1 is 1.00 bits per heavy atom. The fourth-order valence-corrected chi connectivity index (χ4v) is 2.88. The molecule has 0 saturated heterocycles. The van der Waals surface area contributed by atoms with Crippen molar-refractivity contribution in [3.05, 3.63) is 30.3 Å². The Labute approximate surface area is 162 Å². The number of hydrogen-bond donors (Lipinski definition) is 2. The van der Waals surface area contributed by atoms with Crippen LogP contribution in [0.2, 0.25) is 0 Å². The smallest absolute Gasteiger partial charge is 0.243 e. The molecule has 0 aliphatic heterocycles. The Balaban J connectivity index is 2.51. The Hall–Kier alpha value is -2.37. The number of para-hydroxylation sites is 1. The van der Waals surface area contributed by atoms with Crippen LogP contribution in [0, 0.1) is 5.92 Å². The van der Waals surface area contributed by atoms with E-state index >= 15 is 0 Å². The molecule has 6 heteroatoms. The molecule has 27 heavy (non-hydrogen) atoms. The summed E-state index contributed by atoms with van der Waals surface area (Å²) in [5, 5.41) is 5.32. The predicted octanol–water partition coefficient (Wildman–Crippen LogP) is 3.20. The molecule has 1 aromatic carbocycles. The highest BCUT2D eigenvalue weighted by atomic mass is 16.2. The summed E-state index contributed by atoms with van der Waals surface area (Å²) in [4.78, 5) is 38.5. The number of amides is 3. The summed E-state index contributed by atoms with van der Waals surface area (Å²) in [6.45, 7) is 6.53. The van der Waals surface area contributed by atoms with Gasteiger partial charge in [0.25, 0.3) is 0 Å². The van der Waals surface area contributed by atoms with Crippen LogP contribution >= 0.6 is 0 Å². The molecule has 0 saturated carbocycles. The number of benzene rings is 1. The molecule has 1 rings (SSSR count). The van der Waals surface area contributed by atoms with Crippen LogP contribution < -0.4 is 10.6 Å². The minimum atomic E-state index is -0.314. The molecule has 0 aromatic heterocycles. The average molecular weight is 376 g/mol. The molecule has 3 amide bonds. The van der Waals surface area contributed by atoms with Crippen molar-refractivity contribution in [2.24, 2.45) is 5.92 Å². The van der Waals surface area contributed by atoms with E-state index in [1.54, 1.807) is 17.0 Å². The molecule has 1 unspecified atom stereocenters. The quantitative estimate of drug-likeness (QED) is 0.589. The van der Waals surface area contributed by atoms with Gasteiger partial charge in [0.2, 0.25) is 17.7 Å². The van der Waals surface area contributed by atoms with Gasteiger partial charge in [-0.15, -0.1) is 0 Å². The zero-order chi connectivity index (χ0) is 20.1. The van der Waals surface area contributed by atoms with Crippen molar-refractivity contribution in [2.45, 2.75) is 52.9 Å². The van der Waals surface area contributed by atoms with Crippen LogP contribution in [0.15, 0.2) is 30.3 Å². The number of nitrogens with zero attached hydrogens (tertiary/aromatic N) is 1. The minimum Gasteiger partial charge on any atom is -0.345 e. The summed E-state index contributed by atoms with van der Waals surface area (Å²) in [5.74, 6) is -0.606. The van der Waals surface area contributed by atoms with Gasteiger partial charge in [-0.05, 0) is 31.4 Å². The first-order chi connectivity index (χ1) is 13.0. The minimum absolute atomic E-state index is 0.00604. The first-order valence-corrected chi connectivity index (χ1v) is 9.92. The van der Waals surface area contributed by atoms with Gasteiger partial charge in [-0.2, -0.15) is 0 Å². The van der Waals surface area contributed by atoms with E-state index in [0.717, 1.165) is 32.1 Å². The van der Waals surface area contributed by atoms with Crippen LogP contribution in [0.3, 0.4) is 0 Å². The van der Waals surface area contributed by atoms with E-state index in [4.69, 9.17) is 0 Å². The zero-order valence-electron chi connectivity index (χ0n) is 16.8. The summed E-state index contributed by atoms with van der Waals surface area (Å²) in [7, 11) is 0. The van der Waals surface area contributed by atoms with Gasteiger partial charge >= 0.3 is 0 Å². The number of hydrogen-bond acceptors (Lipinski definition) is 3. The standard InChI is InChI=1S/C21H33N3O3/c1-4-7-11-17(6-3)21(27)24(14-5-2)16-20(26)22-15-19(25)23-18-12-9-8-10-13-18/h8-10,12-13,17H,4-7,11,14-16H2,1-3H3,(H,22,26)(H,23,25). The van der Waals surface area contributed by atoms with Crippen molar-refractivity contribution in [2.75, 3.05) is 25.0 Å². The second kappa shape index (κ2) is 12.9. The van der Waals surface area contributed by atoms with Crippen molar-refractivity contribution in [3.8, 4) is 0 Å². The molecule has 2 N–H and O–H groups in total. The molecule has 0 fully saturated rings. The number of rotatable bonds is 12. The van der Waals surface area contributed by atoms with E-state index in [-0.39, 0.29) is 36.7 Å². The first-order valence-electron chi connectivity index (χ1n) is 9.92. The predicted molar refractivity (Wildman–Crippen MR) is 108 cm³/mol. The molecule has 0 aliphatic carbocycles. The van der Waals surface area contributed by atoms with Crippen molar-refractivity contribution >= 4 is 23.4 Å². The molecule has 0 radical (unpaired) electrons. The molecular weight excluding hydrogens is 342 g/mol. The molecule has 0 heterocycles. The fourth-order valence-electron chi connectivity index (χ4n) is 2.88. The fraction of sp³-hybridized carbons (Fsp3) is 0.571. The van der Waals surface area contributed by atoms with Crippen molar-refractivity contribution in [1.29, 1.82) is 0 Å². The lowest BCUT2D eigenvalue weighted by Gasteiger charge is -2.26. The second-order valence-electron chi connectivity index (χ2n) is 6.70. The van der Waals surface area contributed by atoms with Crippen LogP contribution in [0.25, 0.3) is 0 Å². The van der Waals surface area contributed by atoms with Crippen molar-refractivity contribution in [3.63, 3.8) is 0 Å². The highest BCUT2D eigenvalue weighted by molar-refractivity contribution is 5.95. The molecule has 1 atom stereocenters. The van der Waals surface area contributed by atoms with E-state index in [1.165, 1.54) is 0 Å². The number of nitrogens with one attached hydrogen (secondary N) is 2. The van der Waals surface area contributed by atoms with Gasteiger partial charge in [-0.1, -0.05) is 51.8 Å². The number of carbonyl (C=O) groups excluding carboxylic acids is 3. The third kappa shape index (κ3) is 8.71. The van der Waals surface area contributed by atoms with E-state index in [9.17, 15) is 14.4 Å². The van der Waals surface area contributed by atoms with Gasteiger partial charge in [-0.3, -0.25) is 14.4 Å². The molecule has 0 bridgehead atoms. The Kier molecular flexibility index (Phi) is 10.8. The van der Waals surface area contributed by atoms with Gasteiger partial charge < -0.3 is 15.5 Å². The number of anilines is 1. The molecule has 1 aromatic rings. The zero-order valence-corrected chi connectivity index (χ0v) is 16.8. The molecular formula is C21H33N3O3. The van der Waals surface area contributed by atoms with Crippen LogP contribution in [-0.2, 0) is 14.4 Å². The maximum Gasteiger partial charge on any atom is 0.243 e. The monoisotopic (exact) mass is 375 g/mol. The van der Waals surface area contributed by atoms with Crippen LogP contribution in [0.1, 0.15) is 52.9 Å². The van der Waals surface area contributed by atoms with Gasteiger partial charge in [-0.25, -0.2) is 0 Å². The molecule has 6 nitrogen and oxygen atoms in total. The van der Waals surface area contributed by atoms with E-state index in [2.05, 4.69) is 17.6 Å². The van der Waals surface area contributed by atoms with Gasteiger partial charge in [0.1, 0.15) is 0 Å². The number of carbonyl (C=O) groups is 3. The third-order valence-corrected chi connectivity index (χ3v) is 4.39. The Bertz CT molecular complexity index is 590. The largest absolute Gasteiger partial charge is 0.345 e.